The molecule has 2 atom stereocenters. The van der Waals surface area contributed by atoms with Crippen LogP contribution in [-0.2, 0) is 9.59 Å². The maximum absolute atomic E-state index is 11.1. The first-order valence-corrected chi connectivity index (χ1v) is 4.49. The molecular weight excluding hydrogens is 172 g/mol. The van der Waals surface area contributed by atoms with Crippen molar-refractivity contribution >= 4 is 11.8 Å². The molecule has 0 amide bonds. The Balaban J connectivity index is 2.52. The summed E-state index contributed by atoms with van der Waals surface area (Å²) in [5, 5.41) is 17.4. The van der Waals surface area contributed by atoms with Crippen LogP contribution in [0.15, 0.2) is 0 Å². The first kappa shape index (κ1) is 10.2. The Kier molecular flexibility index (Phi) is 3.42. The first-order valence-electron chi connectivity index (χ1n) is 4.49. The van der Waals surface area contributed by atoms with E-state index in [1.807, 2.05) is 0 Å². The van der Waals surface area contributed by atoms with E-state index in [4.69, 9.17) is 10.2 Å². The Morgan fingerprint density at radius 2 is 2.15 bits per heavy atom. The number of ketones is 1. The second kappa shape index (κ2) is 4.37. The Morgan fingerprint density at radius 1 is 1.46 bits per heavy atom. The molecule has 4 nitrogen and oxygen atoms in total. The molecule has 2 unspecified atom stereocenters. The van der Waals surface area contributed by atoms with E-state index in [2.05, 4.69) is 0 Å². The number of carbonyl (C=O) groups is 2. The third-order valence-electron chi connectivity index (χ3n) is 2.49. The van der Waals surface area contributed by atoms with Crippen LogP contribution in [0.3, 0.4) is 0 Å². The summed E-state index contributed by atoms with van der Waals surface area (Å²) in [5.41, 5.74) is 0. The predicted molar refractivity (Wildman–Crippen MR) is 45.2 cm³/mol. The number of carbonyl (C=O) groups excluding carboxylic acids is 1. The molecule has 0 bridgehead atoms. The van der Waals surface area contributed by atoms with Gasteiger partial charge < -0.3 is 10.2 Å². The van der Waals surface area contributed by atoms with E-state index in [-0.39, 0.29) is 24.7 Å². The fraction of sp³-hybridized carbons (Fsp3) is 0.778. The Hall–Kier alpha value is -0.900. The largest absolute Gasteiger partial charge is 0.481 e. The van der Waals surface area contributed by atoms with Crippen LogP contribution in [0.1, 0.15) is 25.7 Å². The Labute approximate surface area is 76.6 Å². The molecule has 0 aliphatic heterocycles. The van der Waals surface area contributed by atoms with Crippen molar-refractivity contribution in [3.05, 3.63) is 0 Å². The monoisotopic (exact) mass is 186 g/mol. The van der Waals surface area contributed by atoms with Crippen molar-refractivity contribution < 1.29 is 19.8 Å². The van der Waals surface area contributed by atoms with Crippen molar-refractivity contribution in [2.24, 2.45) is 11.8 Å². The van der Waals surface area contributed by atoms with Gasteiger partial charge in [0.25, 0.3) is 0 Å². The van der Waals surface area contributed by atoms with Crippen molar-refractivity contribution in [3.8, 4) is 0 Å². The zero-order valence-electron chi connectivity index (χ0n) is 7.40. The minimum Gasteiger partial charge on any atom is -0.481 e. The Bertz CT molecular complexity index is 212. The van der Waals surface area contributed by atoms with E-state index in [1.165, 1.54) is 0 Å². The van der Waals surface area contributed by atoms with Crippen LogP contribution in [0, 0.1) is 11.8 Å². The molecule has 0 radical (unpaired) electrons. The van der Waals surface area contributed by atoms with Gasteiger partial charge >= 0.3 is 5.97 Å². The topological polar surface area (TPSA) is 74.6 Å². The van der Waals surface area contributed by atoms with Gasteiger partial charge in [0.1, 0.15) is 5.78 Å². The SMILES string of the molecule is O=C1CC(CCO)CC(C(=O)O)C1. The van der Waals surface area contributed by atoms with Gasteiger partial charge in [0, 0.05) is 19.4 Å². The zero-order chi connectivity index (χ0) is 9.84. The number of carboxylic acid groups (broad SMARTS) is 1. The van der Waals surface area contributed by atoms with Crippen LogP contribution < -0.4 is 0 Å². The maximum Gasteiger partial charge on any atom is 0.306 e. The molecule has 1 rings (SSSR count). The molecule has 0 aromatic carbocycles. The van der Waals surface area contributed by atoms with Crippen molar-refractivity contribution in [2.45, 2.75) is 25.7 Å². The maximum atomic E-state index is 11.1. The van der Waals surface area contributed by atoms with Gasteiger partial charge in [0.05, 0.1) is 5.92 Å². The van der Waals surface area contributed by atoms with Crippen molar-refractivity contribution in [3.63, 3.8) is 0 Å². The summed E-state index contributed by atoms with van der Waals surface area (Å²) in [6.45, 7) is 0.0320. The van der Waals surface area contributed by atoms with Crippen LogP contribution in [0.25, 0.3) is 0 Å². The molecule has 1 saturated carbocycles. The molecule has 0 spiro atoms. The standard InChI is InChI=1S/C9H14O4/c10-2-1-6-3-7(9(12)13)5-8(11)4-6/h6-7,10H,1-5H2,(H,12,13). The summed E-state index contributed by atoms with van der Waals surface area (Å²) in [6.07, 6.45) is 1.67. The lowest BCUT2D eigenvalue weighted by Crippen LogP contribution is -2.28. The molecule has 0 saturated heterocycles. The molecule has 13 heavy (non-hydrogen) atoms. The van der Waals surface area contributed by atoms with Crippen LogP contribution in [0.4, 0.5) is 0 Å². The minimum absolute atomic E-state index is 0.0112. The Morgan fingerprint density at radius 3 is 2.69 bits per heavy atom. The van der Waals surface area contributed by atoms with E-state index < -0.39 is 11.9 Å². The van der Waals surface area contributed by atoms with E-state index in [0.29, 0.717) is 19.3 Å². The van der Waals surface area contributed by atoms with Gasteiger partial charge in [-0.3, -0.25) is 9.59 Å². The van der Waals surface area contributed by atoms with Gasteiger partial charge in [0.15, 0.2) is 0 Å². The van der Waals surface area contributed by atoms with Gasteiger partial charge in [-0.2, -0.15) is 0 Å². The van der Waals surface area contributed by atoms with Crippen LogP contribution in [0.2, 0.25) is 0 Å². The summed E-state index contributed by atoms with van der Waals surface area (Å²) in [5.74, 6) is -1.35. The lowest BCUT2D eigenvalue weighted by molar-refractivity contribution is -0.146. The molecule has 0 aromatic heterocycles. The second-order valence-corrected chi connectivity index (χ2v) is 3.60. The lowest BCUT2D eigenvalue weighted by atomic mass is 9.79. The van der Waals surface area contributed by atoms with Gasteiger partial charge in [-0.1, -0.05) is 0 Å². The zero-order valence-corrected chi connectivity index (χ0v) is 7.40. The number of aliphatic hydroxyl groups excluding tert-OH is 1. The molecule has 0 aromatic rings. The van der Waals surface area contributed by atoms with Crippen molar-refractivity contribution in [1.29, 1.82) is 0 Å². The molecule has 1 aliphatic rings. The fourth-order valence-electron chi connectivity index (χ4n) is 1.84. The number of carboxylic acids is 1. The smallest absolute Gasteiger partial charge is 0.306 e. The minimum atomic E-state index is -0.893. The highest BCUT2D eigenvalue weighted by Crippen LogP contribution is 2.28. The summed E-state index contributed by atoms with van der Waals surface area (Å²) in [6, 6.07) is 0. The van der Waals surface area contributed by atoms with E-state index in [0.717, 1.165) is 0 Å². The number of rotatable bonds is 3. The summed E-state index contributed by atoms with van der Waals surface area (Å²) < 4.78 is 0. The summed E-state index contributed by atoms with van der Waals surface area (Å²) >= 11 is 0. The highest BCUT2D eigenvalue weighted by atomic mass is 16.4. The number of Topliss-reactive ketones (excluding diaryl/α,β-unsaturated/α-hetero) is 1. The molecule has 1 fully saturated rings. The first-order chi connectivity index (χ1) is 6.13. The van der Waals surface area contributed by atoms with Crippen LogP contribution in [0.5, 0.6) is 0 Å². The van der Waals surface area contributed by atoms with Gasteiger partial charge in [-0.25, -0.2) is 0 Å². The molecule has 1 aliphatic carbocycles. The third kappa shape index (κ3) is 2.81. The van der Waals surface area contributed by atoms with Gasteiger partial charge in [-0.15, -0.1) is 0 Å². The predicted octanol–water partition coefficient (Wildman–Crippen LogP) is 0.439. The lowest BCUT2D eigenvalue weighted by Gasteiger charge is -2.24. The molecular formula is C9H14O4. The van der Waals surface area contributed by atoms with E-state index in [1.54, 1.807) is 0 Å². The molecule has 4 heteroatoms. The quantitative estimate of drug-likeness (QED) is 0.670. The normalized spacial score (nSPS) is 28.8. The van der Waals surface area contributed by atoms with Crippen LogP contribution in [-0.4, -0.2) is 28.6 Å². The number of hydrogen-bond acceptors (Lipinski definition) is 3. The fourth-order valence-corrected chi connectivity index (χ4v) is 1.84. The van der Waals surface area contributed by atoms with Gasteiger partial charge in [-0.05, 0) is 18.8 Å². The molecule has 0 heterocycles. The average molecular weight is 186 g/mol. The average Bonchev–Trinajstić information content (AvgIpc) is 2.03. The van der Waals surface area contributed by atoms with Gasteiger partial charge in [0.2, 0.25) is 0 Å². The summed E-state index contributed by atoms with van der Waals surface area (Å²) in [4.78, 5) is 21.8. The van der Waals surface area contributed by atoms with E-state index >= 15 is 0 Å². The van der Waals surface area contributed by atoms with Crippen molar-refractivity contribution in [1.82, 2.24) is 0 Å². The third-order valence-corrected chi connectivity index (χ3v) is 2.49. The number of aliphatic hydroxyl groups is 1. The number of hydrogen-bond donors (Lipinski definition) is 2. The summed E-state index contributed by atoms with van der Waals surface area (Å²) in [7, 11) is 0. The van der Waals surface area contributed by atoms with E-state index in [9.17, 15) is 9.59 Å². The highest BCUT2D eigenvalue weighted by Gasteiger charge is 2.31. The highest BCUT2D eigenvalue weighted by molar-refractivity contribution is 5.85. The number of aliphatic carboxylic acids is 1. The van der Waals surface area contributed by atoms with Crippen molar-refractivity contribution in [2.75, 3.05) is 6.61 Å². The molecule has 74 valence electrons. The molecule has 2 N–H and O–H groups in total. The van der Waals surface area contributed by atoms with Crippen LogP contribution >= 0.6 is 0 Å². The second-order valence-electron chi connectivity index (χ2n) is 3.60.